The molecule has 0 radical (unpaired) electrons. The number of phenolic OH excluding ortho intramolecular Hbond substituents is 2. The highest BCUT2D eigenvalue weighted by Gasteiger charge is 2.00. The molecule has 0 bridgehead atoms. The fourth-order valence-electron chi connectivity index (χ4n) is 1.45. The smallest absolute Gasteiger partial charge is 0.124 e. The molecule has 92 valence electrons. The molecule has 0 atom stereocenters. The van der Waals surface area contributed by atoms with Gasteiger partial charge in [0, 0.05) is 22.3 Å². The summed E-state index contributed by atoms with van der Waals surface area (Å²) < 4.78 is 0.869. The second kappa shape index (κ2) is 5.23. The van der Waals surface area contributed by atoms with E-state index >= 15 is 0 Å². The van der Waals surface area contributed by atoms with Crippen molar-refractivity contribution in [2.45, 2.75) is 6.92 Å². The van der Waals surface area contributed by atoms with Crippen molar-refractivity contribution in [2.75, 3.05) is 0 Å². The molecule has 0 aliphatic heterocycles. The predicted octanol–water partition coefficient (Wildman–Crippen LogP) is 3.92. The van der Waals surface area contributed by atoms with Crippen LogP contribution in [0.25, 0.3) is 0 Å². The van der Waals surface area contributed by atoms with Gasteiger partial charge in [-0.15, -0.1) is 0 Å². The van der Waals surface area contributed by atoms with Crippen LogP contribution in [0.3, 0.4) is 0 Å². The van der Waals surface area contributed by atoms with E-state index in [-0.39, 0.29) is 11.5 Å². The summed E-state index contributed by atoms with van der Waals surface area (Å²) >= 11 is 3.33. The average molecular weight is 306 g/mol. The van der Waals surface area contributed by atoms with E-state index in [0.29, 0.717) is 11.3 Å². The highest BCUT2D eigenvalue weighted by molar-refractivity contribution is 9.10. The Hall–Kier alpha value is -1.81. The van der Waals surface area contributed by atoms with Gasteiger partial charge in [0.25, 0.3) is 0 Å². The Morgan fingerprint density at radius 2 is 1.83 bits per heavy atom. The van der Waals surface area contributed by atoms with Crippen LogP contribution in [0.5, 0.6) is 11.5 Å². The molecule has 0 aliphatic carbocycles. The Labute approximate surface area is 114 Å². The Morgan fingerprint density at radius 3 is 2.56 bits per heavy atom. The summed E-state index contributed by atoms with van der Waals surface area (Å²) in [6.45, 7) is 1.82. The first-order valence-corrected chi connectivity index (χ1v) is 6.18. The van der Waals surface area contributed by atoms with Crippen LogP contribution in [0.4, 0.5) is 5.69 Å². The molecule has 0 amide bonds. The quantitative estimate of drug-likeness (QED) is 0.826. The maximum atomic E-state index is 9.65. The van der Waals surface area contributed by atoms with Crippen molar-refractivity contribution in [3.05, 3.63) is 52.0 Å². The van der Waals surface area contributed by atoms with E-state index in [2.05, 4.69) is 20.9 Å². The number of halogens is 1. The first-order valence-electron chi connectivity index (χ1n) is 5.38. The van der Waals surface area contributed by atoms with Gasteiger partial charge in [0.05, 0.1) is 5.69 Å². The van der Waals surface area contributed by atoms with Crippen molar-refractivity contribution in [3.63, 3.8) is 0 Å². The Balaban J connectivity index is 2.29. The molecule has 0 aromatic heterocycles. The molecule has 2 aromatic carbocycles. The summed E-state index contributed by atoms with van der Waals surface area (Å²) in [7, 11) is 0. The normalized spacial score (nSPS) is 11.0. The first kappa shape index (κ1) is 12.6. The molecule has 4 heteroatoms. The molecule has 2 N–H and O–H groups in total. The van der Waals surface area contributed by atoms with Gasteiger partial charge >= 0.3 is 0 Å². The number of rotatable bonds is 2. The topological polar surface area (TPSA) is 52.8 Å². The highest BCUT2D eigenvalue weighted by atomic mass is 79.9. The SMILES string of the molecule is Cc1ccc(N=Cc2cc(Br)ccc2O)cc1O. The zero-order chi connectivity index (χ0) is 13.1. The third-order valence-electron chi connectivity index (χ3n) is 2.54. The molecule has 2 aromatic rings. The molecule has 0 saturated carbocycles. The van der Waals surface area contributed by atoms with Gasteiger partial charge in [0.1, 0.15) is 11.5 Å². The second-order valence-corrected chi connectivity index (χ2v) is 4.85. The summed E-state index contributed by atoms with van der Waals surface area (Å²) in [6.07, 6.45) is 1.56. The number of hydrogen-bond acceptors (Lipinski definition) is 3. The minimum Gasteiger partial charge on any atom is -0.508 e. The number of phenols is 2. The lowest BCUT2D eigenvalue weighted by Gasteiger charge is -2.01. The third-order valence-corrected chi connectivity index (χ3v) is 3.03. The van der Waals surface area contributed by atoms with E-state index in [4.69, 9.17) is 0 Å². The fraction of sp³-hybridized carbons (Fsp3) is 0.0714. The Kier molecular flexibility index (Phi) is 3.67. The van der Waals surface area contributed by atoms with Crippen molar-refractivity contribution in [1.29, 1.82) is 0 Å². The van der Waals surface area contributed by atoms with Gasteiger partial charge in [0.2, 0.25) is 0 Å². The van der Waals surface area contributed by atoms with Crippen molar-refractivity contribution in [1.82, 2.24) is 0 Å². The number of nitrogens with zero attached hydrogens (tertiary/aromatic N) is 1. The number of aryl methyl sites for hydroxylation is 1. The van der Waals surface area contributed by atoms with Gasteiger partial charge in [-0.25, -0.2) is 0 Å². The molecule has 0 heterocycles. The lowest BCUT2D eigenvalue weighted by atomic mass is 10.2. The maximum absolute atomic E-state index is 9.65. The molecule has 0 spiro atoms. The molecular weight excluding hydrogens is 294 g/mol. The Bertz CT molecular complexity index is 609. The van der Waals surface area contributed by atoms with Crippen molar-refractivity contribution in [2.24, 2.45) is 4.99 Å². The van der Waals surface area contributed by atoms with E-state index < -0.39 is 0 Å². The monoisotopic (exact) mass is 305 g/mol. The summed E-state index contributed by atoms with van der Waals surface area (Å²) in [5, 5.41) is 19.2. The van der Waals surface area contributed by atoms with Crippen LogP contribution in [-0.2, 0) is 0 Å². The maximum Gasteiger partial charge on any atom is 0.124 e. The zero-order valence-corrected chi connectivity index (χ0v) is 11.3. The summed E-state index contributed by atoms with van der Waals surface area (Å²) in [5.41, 5.74) is 2.06. The fourth-order valence-corrected chi connectivity index (χ4v) is 1.83. The molecule has 0 fully saturated rings. The molecule has 0 saturated heterocycles. The third kappa shape index (κ3) is 2.90. The van der Waals surface area contributed by atoms with E-state index in [9.17, 15) is 10.2 Å². The van der Waals surface area contributed by atoms with Crippen LogP contribution < -0.4 is 0 Å². The van der Waals surface area contributed by atoms with Gasteiger partial charge in [-0.1, -0.05) is 22.0 Å². The number of aromatic hydroxyl groups is 2. The highest BCUT2D eigenvalue weighted by Crippen LogP contribution is 2.24. The molecular formula is C14H12BrNO2. The van der Waals surface area contributed by atoms with Crippen LogP contribution in [0.2, 0.25) is 0 Å². The van der Waals surface area contributed by atoms with Gasteiger partial charge in [0.15, 0.2) is 0 Å². The molecule has 0 unspecified atom stereocenters. The van der Waals surface area contributed by atoms with E-state index in [0.717, 1.165) is 10.0 Å². The first-order chi connectivity index (χ1) is 8.56. The van der Waals surface area contributed by atoms with Crippen molar-refractivity contribution < 1.29 is 10.2 Å². The molecule has 18 heavy (non-hydrogen) atoms. The molecule has 3 nitrogen and oxygen atoms in total. The largest absolute Gasteiger partial charge is 0.508 e. The summed E-state index contributed by atoms with van der Waals surface area (Å²) in [5.74, 6) is 0.376. The standard InChI is InChI=1S/C14H12BrNO2/c1-9-2-4-12(7-14(9)18)16-8-10-6-11(15)3-5-13(10)17/h2-8,17-18H,1H3. The van der Waals surface area contributed by atoms with Crippen LogP contribution in [-0.4, -0.2) is 16.4 Å². The van der Waals surface area contributed by atoms with E-state index in [1.165, 1.54) is 0 Å². The van der Waals surface area contributed by atoms with Gasteiger partial charge in [-0.3, -0.25) is 4.99 Å². The van der Waals surface area contributed by atoms with Crippen LogP contribution in [0.15, 0.2) is 45.9 Å². The average Bonchev–Trinajstić information content (AvgIpc) is 2.34. The van der Waals surface area contributed by atoms with Gasteiger partial charge in [-0.05, 0) is 36.8 Å². The van der Waals surface area contributed by atoms with Crippen LogP contribution in [0.1, 0.15) is 11.1 Å². The molecule has 2 rings (SSSR count). The Morgan fingerprint density at radius 1 is 1.06 bits per heavy atom. The van der Waals surface area contributed by atoms with Gasteiger partial charge < -0.3 is 10.2 Å². The summed E-state index contributed by atoms with van der Waals surface area (Å²) in [6, 6.07) is 10.3. The van der Waals surface area contributed by atoms with Crippen molar-refractivity contribution >= 4 is 27.8 Å². The summed E-state index contributed by atoms with van der Waals surface area (Å²) in [4.78, 5) is 4.21. The number of aliphatic imine (C=N–C) groups is 1. The van der Waals surface area contributed by atoms with Crippen LogP contribution >= 0.6 is 15.9 Å². The minimum absolute atomic E-state index is 0.165. The molecule has 0 aliphatic rings. The lowest BCUT2D eigenvalue weighted by molar-refractivity contribution is 0.471. The van der Waals surface area contributed by atoms with E-state index in [1.807, 2.05) is 6.92 Å². The van der Waals surface area contributed by atoms with Crippen molar-refractivity contribution in [3.8, 4) is 11.5 Å². The van der Waals surface area contributed by atoms with Crippen LogP contribution in [0, 0.1) is 6.92 Å². The van der Waals surface area contributed by atoms with Gasteiger partial charge in [-0.2, -0.15) is 0 Å². The number of hydrogen-bond donors (Lipinski definition) is 2. The minimum atomic E-state index is 0.165. The lowest BCUT2D eigenvalue weighted by Crippen LogP contribution is -1.82. The van der Waals surface area contributed by atoms with E-state index in [1.54, 1.807) is 42.6 Å². The second-order valence-electron chi connectivity index (χ2n) is 3.93. The number of benzene rings is 2. The zero-order valence-electron chi connectivity index (χ0n) is 9.76. The predicted molar refractivity (Wildman–Crippen MR) is 75.9 cm³/mol.